The smallest absolute Gasteiger partial charge is 0.244 e. The molecule has 3 aromatic carbocycles. The van der Waals surface area contributed by atoms with E-state index in [1.807, 2.05) is 37.3 Å². The first-order valence-corrected chi connectivity index (χ1v) is 15.1. The van der Waals surface area contributed by atoms with Gasteiger partial charge in [-0.15, -0.1) is 0 Å². The molecule has 0 bridgehead atoms. The molecule has 0 aliphatic rings. The highest BCUT2D eigenvalue weighted by molar-refractivity contribution is 9.10. The van der Waals surface area contributed by atoms with Crippen LogP contribution in [0.15, 0.2) is 77.3 Å². The molecule has 0 saturated heterocycles. The number of aryl methyl sites for hydroxylation is 1. The van der Waals surface area contributed by atoms with E-state index in [9.17, 15) is 18.0 Å². The van der Waals surface area contributed by atoms with E-state index in [4.69, 9.17) is 11.6 Å². The van der Waals surface area contributed by atoms with Crippen LogP contribution >= 0.6 is 27.5 Å². The van der Waals surface area contributed by atoms with Gasteiger partial charge in [-0.1, -0.05) is 76.1 Å². The molecule has 3 aromatic rings. The summed E-state index contributed by atoms with van der Waals surface area (Å²) in [6, 6.07) is 20.6. The predicted octanol–water partition coefficient (Wildman–Crippen LogP) is 4.95. The van der Waals surface area contributed by atoms with Crippen LogP contribution in [-0.4, -0.2) is 50.5 Å². The molecular weight excluding hydrogens is 590 g/mol. The van der Waals surface area contributed by atoms with Crippen molar-refractivity contribution in [1.29, 1.82) is 0 Å². The maximum atomic E-state index is 14.0. The average molecular weight is 621 g/mol. The first kappa shape index (κ1) is 29.7. The summed E-state index contributed by atoms with van der Waals surface area (Å²) in [7, 11) is -3.83. The van der Waals surface area contributed by atoms with Crippen molar-refractivity contribution in [2.75, 3.05) is 23.7 Å². The second-order valence-corrected chi connectivity index (χ2v) is 12.1. The number of nitrogens with zero attached hydrogens (tertiary/aromatic N) is 2. The van der Waals surface area contributed by atoms with Gasteiger partial charge in [-0.3, -0.25) is 13.9 Å². The van der Waals surface area contributed by atoms with Gasteiger partial charge >= 0.3 is 0 Å². The van der Waals surface area contributed by atoms with Crippen LogP contribution in [0.2, 0.25) is 5.02 Å². The number of carbonyl (C=O) groups is 2. The molecule has 7 nitrogen and oxygen atoms in total. The van der Waals surface area contributed by atoms with E-state index < -0.39 is 28.5 Å². The normalized spacial score (nSPS) is 12.0. The number of carbonyl (C=O) groups excluding carboxylic acids is 2. The number of benzene rings is 3. The van der Waals surface area contributed by atoms with E-state index in [-0.39, 0.29) is 18.9 Å². The summed E-state index contributed by atoms with van der Waals surface area (Å²) in [4.78, 5) is 28.7. The van der Waals surface area contributed by atoms with Crippen LogP contribution in [0.25, 0.3) is 0 Å². The molecule has 0 aromatic heterocycles. The number of anilines is 1. The monoisotopic (exact) mass is 619 g/mol. The van der Waals surface area contributed by atoms with Gasteiger partial charge in [0.15, 0.2) is 0 Å². The van der Waals surface area contributed by atoms with Crippen molar-refractivity contribution in [3.63, 3.8) is 0 Å². The zero-order chi connectivity index (χ0) is 27.9. The van der Waals surface area contributed by atoms with Gasteiger partial charge in [0.25, 0.3) is 0 Å². The SMILES string of the molecule is CCNC(=O)C(Cc1ccccc1)N(Cc1ccccc1Cl)C(=O)CN(c1ccc(Br)c(C)c1)S(C)(=O)=O. The van der Waals surface area contributed by atoms with E-state index in [1.165, 1.54) is 4.90 Å². The lowest BCUT2D eigenvalue weighted by atomic mass is 10.0. The Balaban J connectivity index is 2.06. The van der Waals surface area contributed by atoms with Gasteiger partial charge in [0, 0.05) is 29.0 Å². The lowest BCUT2D eigenvalue weighted by Crippen LogP contribution is -2.53. The average Bonchev–Trinajstić information content (AvgIpc) is 2.87. The van der Waals surface area contributed by atoms with Gasteiger partial charge in [0.2, 0.25) is 21.8 Å². The van der Waals surface area contributed by atoms with Crippen LogP contribution in [0.4, 0.5) is 5.69 Å². The second kappa shape index (κ2) is 13.3. The van der Waals surface area contributed by atoms with Crippen LogP contribution in [0.3, 0.4) is 0 Å². The molecule has 0 aliphatic carbocycles. The molecule has 10 heteroatoms. The molecule has 0 spiro atoms. The summed E-state index contributed by atoms with van der Waals surface area (Å²) in [5, 5.41) is 3.28. The van der Waals surface area contributed by atoms with E-state index in [2.05, 4.69) is 21.2 Å². The minimum atomic E-state index is -3.83. The van der Waals surface area contributed by atoms with Crippen LogP contribution in [0, 0.1) is 6.92 Å². The fraction of sp³-hybridized carbons (Fsp3) is 0.286. The van der Waals surface area contributed by atoms with Crippen molar-refractivity contribution in [3.05, 3.63) is 99.0 Å². The molecule has 1 N–H and O–H groups in total. The van der Waals surface area contributed by atoms with Crippen molar-refractivity contribution in [1.82, 2.24) is 10.2 Å². The molecule has 2 amide bonds. The Morgan fingerprint density at radius 2 is 1.68 bits per heavy atom. The maximum absolute atomic E-state index is 14.0. The van der Waals surface area contributed by atoms with Crippen LogP contribution in [0.5, 0.6) is 0 Å². The second-order valence-electron chi connectivity index (χ2n) is 8.92. The fourth-order valence-electron chi connectivity index (χ4n) is 4.05. The third-order valence-electron chi connectivity index (χ3n) is 6.03. The minimum Gasteiger partial charge on any atom is -0.355 e. The number of hydrogen-bond donors (Lipinski definition) is 1. The van der Waals surface area contributed by atoms with Crippen molar-refractivity contribution >= 4 is 55.1 Å². The molecular formula is C28H31BrClN3O4S. The first-order chi connectivity index (χ1) is 18.0. The summed E-state index contributed by atoms with van der Waals surface area (Å²) in [5.74, 6) is -0.856. The molecule has 3 rings (SSSR count). The van der Waals surface area contributed by atoms with E-state index in [1.54, 1.807) is 49.4 Å². The number of hydrogen-bond acceptors (Lipinski definition) is 4. The highest BCUT2D eigenvalue weighted by atomic mass is 79.9. The predicted molar refractivity (Wildman–Crippen MR) is 156 cm³/mol. The summed E-state index contributed by atoms with van der Waals surface area (Å²) in [5.41, 5.74) is 2.69. The number of rotatable bonds is 11. The summed E-state index contributed by atoms with van der Waals surface area (Å²) >= 11 is 9.86. The van der Waals surface area contributed by atoms with E-state index in [0.717, 1.165) is 26.2 Å². The topological polar surface area (TPSA) is 86.8 Å². The molecule has 38 heavy (non-hydrogen) atoms. The maximum Gasteiger partial charge on any atom is 0.244 e. The van der Waals surface area contributed by atoms with Crippen molar-refractivity contribution < 1.29 is 18.0 Å². The van der Waals surface area contributed by atoms with Crippen molar-refractivity contribution in [2.24, 2.45) is 0 Å². The molecule has 0 radical (unpaired) electrons. The third kappa shape index (κ3) is 7.82. The van der Waals surface area contributed by atoms with Gasteiger partial charge in [-0.05, 0) is 54.8 Å². The Hall–Kier alpha value is -2.88. The van der Waals surface area contributed by atoms with Gasteiger partial charge in [-0.2, -0.15) is 0 Å². The number of likely N-dealkylation sites (N-methyl/N-ethyl adjacent to an activating group) is 1. The molecule has 1 unspecified atom stereocenters. The van der Waals surface area contributed by atoms with E-state index >= 15 is 0 Å². The highest BCUT2D eigenvalue weighted by Gasteiger charge is 2.33. The Morgan fingerprint density at radius 1 is 1.03 bits per heavy atom. The van der Waals surface area contributed by atoms with Crippen molar-refractivity contribution in [2.45, 2.75) is 32.9 Å². The Morgan fingerprint density at radius 3 is 2.29 bits per heavy atom. The largest absolute Gasteiger partial charge is 0.355 e. The lowest BCUT2D eigenvalue weighted by Gasteiger charge is -2.33. The Labute approximate surface area is 238 Å². The van der Waals surface area contributed by atoms with Gasteiger partial charge in [0.1, 0.15) is 12.6 Å². The quantitative estimate of drug-likeness (QED) is 0.329. The molecule has 0 fully saturated rings. The van der Waals surface area contributed by atoms with Crippen LogP contribution in [-0.2, 0) is 32.6 Å². The van der Waals surface area contributed by atoms with Gasteiger partial charge < -0.3 is 10.2 Å². The Bertz CT molecular complexity index is 1390. The summed E-state index contributed by atoms with van der Waals surface area (Å²) in [6.45, 7) is 3.58. The minimum absolute atomic E-state index is 0.0319. The van der Waals surface area contributed by atoms with Crippen LogP contribution in [0.1, 0.15) is 23.6 Å². The summed E-state index contributed by atoms with van der Waals surface area (Å²) < 4.78 is 27.6. The van der Waals surface area contributed by atoms with E-state index in [0.29, 0.717) is 22.8 Å². The molecule has 1 atom stereocenters. The molecule has 202 valence electrons. The Kier molecular flexibility index (Phi) is 10.4. The third-order valence-corrected chi connectivity index (χ3v) is 8.43. The number of halogens is 2. The van der Waals surface area contributed by atoms with Gasteiger partial charge in [0.05, 0.1) is 11.9 Å². The summed E-state index contributed by atoms with van der Waals surface area (Å²) in [6.07, 6.45) is 1.31. The first-order valence-electron chi connectivity index (χ1n) is 12.1. The number of nitrogens with one attached hydrogen (secondary N) is 1. The van der Waals surface area contributed by atoms with Crippen LogP contribution < -0.4 is 9.62 Å². The standard InChI is InChI=1S/C28H31BrClN3O4S/c1-4-31-28(35)26(17-21-10-6-5-7-11-21)32(18-22-12-8-9-13-25(22)30)27(34)19-33(38(3,36)37)23-14-15-24(29)20(2)16-23/h5-16,26H,4,17-19H2,1-3H3,(H,31,35). The molecule has 0 aliphatic heterocycles. The molecule has 0 saturated carbocycles. The zero-order valence-electron chi connectivity index (χ0n) is 21.5. The molecule has 0 heterocycles. The fourth-order valence-corrected chi connectivity index (χ4v) is 5.34. The van der Waals surface area contributed by atoms with Crippen molar-refractivity contribution in [3.8, 4) is 0 Å². The number of amides is 2. The number of sulfonamides is 1. The lowest BCUT2D eigenvalue weighted by molar-refractivity contribution is -0.140. The van der Waals surface area contributed by atoms with Gasteiger partial charge in [-0.25, -0.2) is 8.42 Å². The highest BCUT2D eigenvalue weighted by Crippen LogP contribution is 2.26. The zero-order valence-corrected chi connectivity index (χ0v) is 24.7.